The van der Waals surface area contributed by atoms with Gasteiger partial charge in [0.1, 0.15) is 5.75 Å². The SMILES string of the molecule is CCC(C)NCC(=O)Nc1ccc(C)c(OC)c1C. The van der Waals surface area contributed by atoms with Gasteiger partial charge in [0.15, 0.2) is 0 Å². The minimum Gasteiger partial charge on any atom is -0.496 e. The maximum atomic E-state index is 11.9. The molecule has 19 heavy (non-hydrogen) atoms. The van der Waals surface area contributed by atoms with Crippen molar-refractivity contribution < 1.29 is 9.53 Å². The summed E-state index contributed by atoms with van der Waals surface area (Å²) in [5.41, 5.74) is 2.83. The molecule has 0 aliphatic heterocycles. The molecule has 0 radical (unpaired) electrons. The highest BCUT2D eigenvalue weighted by atomic mass is 16.5. The third-order valence-corrected chi connectivity index (χ3v) is 3.30. The third kappa shape index (κ3) is 4.24. The number of hydrogen-bond donors (Lipinski definition) is 2. The maximum Gasteiger partial charge on any atom is 0.238 e. The highest BCUT2D eigenvalue weighted by molar-refractivity contribution is 5.93. The van der Waals surface area contributed by atoms with Gasteiger partial charge in [-0.25, -0.2) is 0 Å². The van der Waals surface area contributed by atoms with Crippen molar-refractivity contribution in [1.29, 1.82) is 0 Å². The summed E-state index contributed by atoms with van der Waals surface area (Å²) >= 11 is 0. The van der Waals surface area contributed by atoms with Gasteiger partial charge in [0.05, 0.1) is 13.7 Å². The second kappa shape index (κ2) is 7.14. The maximum absolute atomic E-state index is 11.9. The van der Waals surface area contributed by atoms with E-state index in [-0.39, 0.29) is 5.91 Å². The Morgan fingerprint density at radius 3 is 2.63 bits per heavy atom. The molecule has 1 rings (SSSR count). The van der Waals surface area contributed by atoms with Gasteiger partial charge in [0, 0.05) is 17.3 Å². The van der Waals surface area contributed by atoms with Gasteiger partial charge in [-0.05, 0) is 38.8 Å². The van der Waals surface area contributed by atoms with E-state index in [1.165, 1.54) is 0 Å². The molecular formula is C15H24N2O2. The lowest BCUT2D eigenvalue weighted by Gasteiger charge is -2.15. The molecule has 1 amide bonds. The summed E-state index contributed by atoms with van der Waals surface area (Å²) in [4.78, 5) is 11.9. The molecule has 0 heterocycles. The molecule has 0 saturated carbocycles. The quantitative estimate of drug-likeness (QED) is 0.830. The van der Waals surface area contributed by atoms with Crippen LogP contribution in [-0.4, -0.2) is 25.6 Å². The van der Waals surface area contributed by atoms with Crippen LogP contribution in [0.3, 0.4) is 0 Å². The molecule has 0 bridgehead atoms. The molecule has 1 aromatic rings. The minimum absolute atomic E-state index is 0.0330. The zero-order valence-corrected chi connectivity index (χ0v) is 12.5. The summed E-state index contributed by atoms with van der Waals surface area (Å²) in [7, 11) is 1.64. The normalized spacial score (nSPS) is 12.1. The van der Waals surface area contributed by atoms with Crippen LogP contribution in [0.15, 0.2) is 12.1 Å². The molecule has 1 aromatic carbocycles. The second-order valence-electron chi connectivity index (χ2n) is 4.83. The van der Waals surface area contributed by atoms with Gasteiger partial charge >= 0.3 is 0 Å². The number of hydrogen-bond acceptors (Lipinski definition) is 3. The number of aryl methyl sites for hydroxylation is 1. The number of carbonyl (C=O) groups excluding carboxylic acids is 1. The minimum atomic E-state index is -0.0330. The molecule has 0 aliphatic rings. The van der Waals surface area contributed by atoms with Crippen molar-refractivity contribution in [2.45, 2.75) is 40.2 Å². The van der Waals surface area contributed by atoms with Crippen LogP contribution in [0.2, 0.25) is 0 Å². The summed E-state index contributed by atoms with van der Waals surface area (Å²) < 4.78 is 5.35. The fourth-order valence-corrected chi connectivity index (χ4v) is 1.88. The van der Waals surface area contributed by atoms with Crippen molar-refractivity contribution in [2.75, 3.05) is 19.0 Å². The Bertz CT molecular complexity index is 444. The first-order valence-corrected chi connectivity index (χ1v) is 6.67. The third-order valence-electron chi connectivity index (χ3n) is 3.30. The highest BCUT2D eigenvalue weighted by Gasteiger charge is 2.10. The Hall–Kier alpha value is -1.55. The van der Waals surface area contributed by atoms with Crippen LogP contribution in [0, 0.1) is 13.8 Å². The van der Waals surface area contributed by atoms with Crippen LogP contribution in [0.25, 0.3) is 0 Å². The zero-order valence-electron chi connectivity index (χ0n) is 12.5. The number of anilines is 1. The summed E-state index contributed by atoms with van der Waals surface area (Å²) in [5.74, 6) is 0.794. The predicted octanol–water partition coefficient (Wildman–Crippen LogP) is 2.64. The Morgan fingerprint density at radius 1 is 1.37 bits per heavy atom. The molecule has 0 aliphatic carbocycles. The van der Waals surface area contributed by atoms with Crippen LogP contribution < -0.4 is 15.4 Å². The molecule has 0 fully saturated rings. The lowest BCUT2D eigenvalue weighted by atomic mass is 10.1. The number of nitrogens with one attached hydrogen (secondary N) is 2. The van der Waals surface area contributed by atoms with E-state index in [1.807, 2.05) is 26.0 Å². The standard InChI is InChI=1S/C15H24N2O2/c1-6-11(3)16-9-14(18)17-13-8-7-10(2)15(19-5)12(13)4/h7-8,11,16H,6,9H2,1-5H3,(H,17,18). The molecule has 4 heteroatoms. The van der Waals surface area contributed by atoms with Gasteiger partial charge < -0.3 is 15.4 Å². The lowest BCUT2D eigenvalue weighted by Crippen LogP contribution is -2.34. The summed E-state index contributed by atoms with van der Waals surface area (Å²) in [6.07, 6.45) is 1.00. The van der Waals surface area contributed by atoms with Gasteiger partial charge in [-0.2, -0.15) is 0 Å². The highest BCUT2D eigenvalue weighted by Crippen LogP contribution is 2.28. The fourth-order valence-electron chi connectivity index (χ4n) is 1.88. The number of methoxy groups -OCH3 is 1. The van der Waals surface area contributed by atoms with Crippen molar-refractivity contribution in [3.63, 3.8) is 0 Å². The van der Waals surface area contributed by atoms with E-state index in [2.05, 4.69) is 24.5 Å². The first-order valence-electron chi connectivity index (χ1n) is 6.67. The van der Waals surface area contributed by atoms with Gasteiger partial charge in [-0.1, -0.05) is 13.0 Å². The molecule has 106 valence electrons. The van der Waals surface area contributed by atoms with Gasteiger partial charge in [0.25, 0.3) is 0 Å². The van der Waals surface area contributed by atoms with Crippen molar-refractivity contribution in [2.24, 2.45) is 0 Å². The lowest BCUT2D eigenvalue weighted by molar-refractivity contribution is -0.115. The van der Waals surface area contributed by atoms with Crippen molar-refractivity contribution >= 4 is 11.6 Å². The Balaban J connectivity index is 2.69. The topological polar surface area (TPSA) is 50.4 Å². The molecule has 0 spiro atoms. The Kier molecular flexibility index (Phi) is 5.83. The van der Waals surface area contributed by atoms with Crippen molar-refractivity contribution in [1.82, 2.24) is 5.32 Å². The van der Waals surface area contributed by atoms with E-state index < -0.39 is 0 Å². The van der Waals surface area contributed by atoms with E-state index in [1.54, 1.807) is 7.11 Å². The molecule has 2 N–H and O–H groups in total. The van der Waals surface area contributed by atoms with E-state index in [0.717, 1.165) is 29.0 Å². The number of ether oxygens (including phenoxy) is 1. The zero-order chi connectivity index (χ0) is 14.4. The molecule has 1 unspecified atom stereocenters. The molecular weight excluding hydrogens is 240 g/mol. The van der Waals surface area contributed by atoms with Crippen LogP contribution >= 0.6 is 0 Å². The molecule has 0 aromatic heterocycles. The van der Waals surface area contributed by atoms with E-state index in [0.29, 0.717) is 12.6 Å². The predicted molar refractivity (Wildman–Crippen MR) is 78.9 cm³/mol. The number of benzene rings is 1. The van der Waals surface area contributed by atoms with Crippen LogP contribution in [-0.2, 0) is 4.79 Å². The number of rotatable bonds is 6. The van der Waals surface area contributed by atoms with E-state index in [4.69, 9.17) is 4.74 Å². The van der Waals surface area contributed by atoms with Crippen molar-refractivity contribution in [3.8, 4) is 5.75 Å². The molecule has 1 atom stereocenters. The summed E-state index contributed by atoms with van der Waals surface area (Å²) in [6.45, 7) is 8.41. The van der Waals surface area contributed by atoms with Gasteiger partial charge in [-0.15, -0.1) is 0 Å². The van der Waals surface area contributed by atoms with E-state index >= 15 is 0 Å². The van der Waals surface area contributed by atoms with Crippen molar-refractivity contribution in [3.05, 3.63) is 23.3 Å². The smallest absolute Gasteiger partial charge is 0.238 e. The summed E-state index contributed by atoms with van der Waals surface area (Å²) in [6, 6.07) is 4.21. The average Bonchev–Trinajstić information content (AvgIpc) is 2.40. The fraction of sp³-hybridized carbons (Fsp3) is 0.533. The average molecular weight is 264 g/mol. The summed E-state index contributed by atoms with van der Waals surface area (Å²) in [5, 5.41) is 6.08. The first kappa shape index (κ1) is 15.5. The van der Waals surface area contributed by atoms with E-state index in [9.17, 15) is 4.79 Å². The largest absolute Gasteiger partial charge is 0.496 e. The Labute approximate surface area is 115 Å². The molecule has 4 nitrogen and oxygen atoms in total. The number of amides is 1. The van der Waals surface area contributed by atoms with Gasteiger partial charge in [0.2, 0.25) is 5.91 Å². The van der Waals surface area contributed by atoms with Crippen LogP contribution in [0.5, 0.6) is 5.75 Å². The number of carbonyl (C=O) groups is 1. The molecule has 0 saturated heterocycles. The van der Waals surface area contributed by atoms with Gasteiger partial charge in [-0.3, -0.25) is 4.79 Å². The Morgan fingerprint density at radius 2 is 2.05 bits per heavy atom. The van der Waals surface area contributed by atoms with Crippen LogP contribution in [0.4, 0.5) is 5.69 Å². The second-order valence-corrected chi connectivity index (χ2v) is 4.83. The first-order chi connectivity index (χ1) is 8.99. The van der Waals surface area contributed by atoms with Crippen LogP contribution in [0.1, 0.15) is 31.4 Å². The monoisotopic (exact) mass is 264 g/mol.